The summed E-state index contributed by atoms with van der Waals surface area (Å²) in [5.41, 5.74) is 5.45. The second-order valence-corrected chi connectivity index (χ2v) is 19.9. The van der Waals surface area contributed by atoms with Crippen molar-refractivity contribution < 1.29 is 124 Å². The van der Waals surface area contributed by atoms with Gasteiger partial charge in [0.05, 0.1) is 25.6 Å². The van der Waals surface area contributed by atoms with Gasteiger partial charge in [0, 0.05) is 46.9 Å². The van der Waals surface area contributed by atoms with Crippen LogP contribution in [0.15, 0.2) is 110 Å². The molecule has 0 aliphatic carbocycles. The van der Waals surface area contributed by atoms with Crippen molar-refractivity contribution in [2.75, 3.05) is 18.0 Å². The molecule has 4 heterocycles. The molecule has 61 heavy (non-hydrogen) atoms. The van der Waals surface area contributed by atoms with Gasteiger partial charge in [0.25, 0.3) is 0 Å². The van der Waals surface area contributed by atoms with Crippen LogP contribution in [0.2, 0.25) is 0 Å². The Morgan fingerprint density at radius 1 is 0.754 bits per heavy atom. The Labute approximate surface area is 424 Å². The molecule has 0 saturated carbocycles. The van der Waals surface area contributed by atoms with Crippen molar-refractivity contribution in [1.82, 2.24) is 4.98 Å². The van der Waals surface area contributed by atoms with E-state index in [1.165, 1.54) is 40.8 Å². The van der Waals surface area contributed by atoms with E-state index >= 15 is 0 Å². The predicted molar refractivity (Wildman–Crippen MR) is 221 cm³/mol. The molecule has 0 unspecified atom stereocenters. The van der Waals surface area contributed by atoms with Gasteiger partial charge in [0.1, 0.15) is 42.3 Å². The van der Waals surface area contributed by atoms with Crippen molar-refractivity contribution in [1.29, 1.82) is 0 Å². The molecule has 0 fully saturated rings. The van der Waals surface area contributed by atoms with E-state index in [1.807, 2.05) is 6.07 Å². The minimum Gasteiger partial charge on any atom is -0.744 e. The molecule has 0 radical (unpaired) electrons. The van der Waals surface area contributed by atoms with Crippen molar-refractivity contribution in [2.24, 2.45) is 0 Å². The summed E-state index contributed by atoms with van der Waals surface area (Å²) in [6, 6.07) is 26.0. The molecular weight excluding hydrogens is 866 g/mol. The molecule has 0 spiro atoms. The van der Waals surface area contributed by atoms with Crippen LogP contribution in [0.25, 0.3) is 54.0 Å². The predicted octanol–water partition coefficient (Wildman–Crippen LogP) is -0.0146. The van der Waals surface area contributed by atoms with Crippen LogP contribution in [0.3, 0.4) is 0 Å². The Hall–Kier alpha value is -2.38. The first-order chi connectivity index (χ1) is 27.4. The second-order valence-electron chi connectivity index (χ2n) is 16.1. The van der Waals surface area contributed by atoms with E-state index in [0.717, 1.165) is 59.8 Å². The van der Waals surface area contributed by atoms with E-state index in [9.17, 15) is 30.7 Å². The molecule has 0 bridgehead atoms. The van der Waals surface area contributed by atoms with Gasteiger partial charge in [-0.25, -0.2) is 26.6 Å². The normalized spacial score (nSPS) is 15.3. The molecule has 7 aromatic rings. The molecule has 9 rings (SSSR count). The second kappa shape index (κ2) is 17.5. The van der Waals surface area contributed by atoms with Crippen molar-refractivity contribution in [3.8, 4) is 44.3 Å². The van der Waals surface area contributed by atoms with Crippen molar-refractivity contribution in [3.05, 3.63) is 119 Å². The van der Waals surface area contributed by atoms with Crippen LogP contribution in [0.5, 0.6) is 11.5 Å². The Morgan fingerprint density at radius 2 is 1.36 bits per heavy atom. The van der Waals surface area contributed by atoms with Crippen LogP contribution in [0.1, 0.15) is 51.7 Å². The SMILES string of the molecule is CC1(C)CCN2CCC(C)(C)c3c2c1cc1cc(-c2nc4cc(Oc5c(-c6cc[c-]cc6)cc(S(=O)(=O)[O-])cc5-c5ccc(S(=O)(=O)[O-])cc5)ccc4s2)c(=O)oc31.[Na+].[Na+].[Na+]. The zero-order valence-electron chi connectivity index (χ0n) is 34.8. The van der Waals surface area contributed by atoms with Crippen LogP contribution < -0.4 is 104 Å². The molecule has 0 saturated heterocycles. The standard InChI is InChI=1S/C44H37N2O9S3.3Na/c1-43(2)16-18-46-19-17-44(3,4)37-38(46)34(43)21-27-20-33(42(47)55-39(27)37)41-45-35-22-28(12-15-36(35)56-41)54-40-31(25-8-6-5-7-9-25)23-30(58(51,52)53)24-32(40)26-10-13-29(14-11-26)57(48,49)50;;;/h6-15,20-24H,16-19H2,1-4H3,(H,48,49,50)(H,51,52,53);;;/q-1;3*+1/p-2. The Bertz CT molecular complexity index is 3130. The van der Waals surface area contributed by atoms with Gasteiger partial charge in [-0.05, 0) is 83.3 Å². The number of hydrogen-bond donors (Lipinski definition) is 0. The summed E-state index contributed by atoms with van der Waals surface area (Å²) in [5, 5.41) is 1.31. The number of anilines is 1. The van der Waals surface area contributed by atoms with Gasteiger partial charge >= 0.3 is 94.3 Å². The molecule has 0 N–H and O–H groups in total. The summed E-state index contributed by atoms with van der Waals surface area (Å²) in [5.74, 6) is 0.453. The van der Waals surface area contributed by atoms with Crippen LogP contribution in [-0.2, 0) is 31.1 Å². The maximum atomic E-state index is 13.9. The van der Waals surface area contributed by atoms with Gasteiger partial charge in [-0.2, -0.15) is 30.3 Å². The molecule has 0 amide bonds. The number of nitrogens with zero attached hydrogens (tertiary/aromatic N) is 2. The molecule has 2 aromatic heterocycles. The van der Waals surface area contributed by atoms with Crippen molar-refractivity contribution >= 4 is 58.4 Å². The minimum absolute atomic E-state index is 0. The first-order valence-corrected chi connectivity index (χ1v) is 22.2. The number of hydrogen-bond acceptors (Lipinski definition) is 12. The molecule has 2 aliphatic heterocycles. The Morgan fingerprint density at radius 3 is 1.98 bits per heavy atom. The van der Waals surface area contributed by atoms with E-state index in [4.69, 9.17) is 14.1 Å². The molecule has 296 valence electrons. The maximum Gasteiger partial charge on any atom is 1.00 e. The van der Waals surface area contributed by atoms with E-state index in [1.54, 1.807) is 42.5 Å². The van der Waals surface area contributed by atoms with Crippen LogP contribution in [0.4, 0.5) is 5.69 Å². The third kappa shape index (κ3) is 9.01. The molecule has 2 aliphatic rings. The van der Waals surface area contributed by atoms with Crippen molar-refractivity contribution in [2.45, 2.75) is 61.2 Å². The van der Waals surface area contributed by atoms with Gasteiger partial charge < -0.3 is 23.2 Å². The number of fused-ring (bicyclic) bond motifs is 3. The smallest absolute Gasteiger partial charge is 0.744 e. The fraction of sp³-hybridized carbons (Fsp3) is 0.227. The molecular formula is C44H35N2Na3O9S3. The van der Waals surface area contributed by atoms with E-state index < -0.39 is 35.7 Å². The first-order valence-electron chi connectivity index (χ1n) is 18.5. The fourth-order valence-corrected chi connectivity index (χ4v) is 10.1. The summed E-state index contributed by atoms with van der Waals surface area (Å²) in [4.78, 5) is 20.1. The maximum absolute atomic E-state index is 13.9. The summed E-state index contributed by atoms with van der Waals surface area (Å²) in [6.07, 6.45) is 1.96. The van der Waals surface area contributed by atoms with Crippen LogP contribution in [-0.4, -0.2) is 44.0 Å². The van der Waals surface area contributed by atoms with E-state index in [2.05, 4.69) is 44.7 Å². The molecule has 17 heteroatoms. The van der Waals surface area contributed by atoms with Gasteiger partial charge in [-0.1, -0.05) is 39.8 Å². The van der Waals surface area contributed by atoms with Gasteiger partial charge in [0.2, 0.25) is 0 Å². The largest absolute Gasteiger partial charge is 1.00 e. The number of benzene rings is 5. The zero-order chi connectivity index (χ0) is 40.9. The number of rotatable bonds is 7. The monoisotopic (exact) mass is 900 g/mol. The van der Waals surface area contributed by atoms with Crippen LogP contribution in [0, 0.1) is 6.07 Å². The third-order valence-electron chi connectivity index (χ3n) is 11.4. The van der Waals surface area contributed by atoms with E-state index in [-0.39, 0.29) is 122 Å². The summed E-state index contributed by atoms with van der Waals surface area (Å²) >= 11 is 1.33. The number of thiazole rings is 1. The average molecular weight is 901 g/mol. The number of aromatic nitrogens is 1. The molecule has 0 atom stereocenters. The van der Waals surface area contributed by atoms with E-state index in [0.29, 0.717) is 33.0 Å². The molecule has 11 nitrogen and oxygen atoms in total. The van der Waals surface area contributed by atoms with Crippen LogP contribution >= 0.6 is 11.3 Å². The third-order valence-corrected chi connectivity index (χ3v) is 14.1. The summed E-state index contributed by atoms with van der Waals surface area (Å²) in [6.45, 7) is 10.9. The van der Waals surface area contributed by atoms with Gasteiger partial charge in [-0.3, -0.25) is 0 Å². The fourth-order valence-electron chi connectivity index (χ4n) is 8.16. The van der Waals surface area contributed by atoms with Gasteiger partial charge in [0.15, 0.2) is 0 Å². The Kier molecular flexibility index (Phi) is 13.8. The quantitative estimate of drug-likeness (QED) is 0.0913. The average Bonchev–Trinajstić information content (AvgIpc) is 3.59. The van der Waals surface area contributed by atoms with Crippen molar-refractivity contribution in [3.63, 3.8) is 0 Å². The Balaban J connectivity index is 0.00000207. The van der Waals surface area contributed by atoms with Gasteiger partial charge in [-0.15, -0.1) is 16.9 Å². The topological polar surface area (TPSA) is 170 Å². The minimum atomic E-state index is -4.98. The summed E-state index contributed by atoms with van der Waals surface area (Å²) in [7, 11) is -9.75. The number of ether oxygens (including phenoxy) is 1. The zero-order valence-corrected chi connectivity index (χ0v) is 43.2. The first kappa shape index (κ1) is 48.1. The molecule has 5 aromatic carbocycles. The summed E-state index contributed by atoms with van der Waals surface area (Å²) < 4.78 is 85.9.